The molecule has 3 heterocycles. The summed E-state index contributed by atoms with van der Waals surface area (Å²) in [6.45, 7) is 4.94. The van der Waals surface area contributed by atoms with Crippen molar-refractivity contribution >= 4 is 17.0 Å². The minimum atomic E-state index is 0.348. The number of thiophene rings is 1. The number of hydrogen-bond acceptors (Lipinski definition) is 4. The minimum absolute atomic E-state index is 0.348. The van der Waals surface area contributed by atoms with E-state index in [9.17, 15) is 0 Å². The van der Waals surface area contributed by atoms with E-state index in [-0.39, 0.29) is 0 Å². The molecule has 0 fully saturated rings. The van der Waals surface area contributed by atoms with Gasteiger partial charge < -0.3 is 5.32 Å². The van der Waals surface area contributed by atoms with Gasteiger partial charge in [0.2, 0.25) is 0 Å². The van der Waals surface area contributed by atoms with E-state index in [1.807, 2.05) is 29.9 Å². The van der Waals surface area contributed by atoms with E-state index < -0.39 is 0 Å². The van der Waals surface area contributed by atoms with Crippen LogP contribution in [0.2, 0.25) is 0 Å². The van der Waals surface area contributed by atoms with Gasteiger partial charge in [-0.3, -0.25) is 0 Å². The molecule has 0 saturated heterocycles. The van der Waals surface area contributed by atoms with Crippen molar-refractivity contribution in [3.63, 3.8) is 0 Å². The predicted octanol–water partition coefficient (Wildman–Crippen LogP) is 2.95. The summed E-state index contributed by atoms with van der Waals surface area (Å²) >= 11 is 1.73. The smallest absolute Gasteiger partial charge is 0.155 e. The molecule has 0 radical (unpaired) electrons. The summed E-state index contributed by atoms with van der Waals surface area (Å²) in [5.41, 5.74) is 4.35. The Hall–Kier alpha value is -1.72. The lowest BCUT2D eigenvalue weighted by atomic mass is 10.2. The highest BCUT2D eigenvalue weighted by atomic mass is 32.1. The third-order valence-electron chi connectivity index (χ3n) is 3.14. The molecule has 4 nitrogen and oxygen atoms in total. The fourth-order valence-corrected chi connectivity index (χ4v) is 2.79. The van der Waals surface area contributed by atoms with Crippen LogP contribution in [0.5, 0.6) is 0 Å². The van der Waals surface area contributed by atoms with Crippen molar-refractivity contribution in [1.29, 1.82) is 0 Å². The van der Waals surface area contributed by atoms with Crippen molar-refractivity contribution in [1.82, 2.24) is 19.9 Å². The molecule has 1 unspecified atom stereocenters. The Morgan fingerprint density at radius 2 is 2.37 bits per heavy atom. The molecular formula is C14H16N4S. The quantitative estimate of drug-likeness (QED) is 0.794. The Labute approximate surface area is 116 Å². The molecule has 1 atom stereocenters. The van der Waals surface area contributed by atoms with Crippen molar-refractivity contribution in [2.45, 2.75) is 26.4 Å². The Morgan fingerprint density at radius 1 is 1.47 bits per heavy atom. The highest BCUT2D eigenvalue weighted by Crippen LogP contribution is 2.16. The molecule has 0 aliphatic carbocycles. The van der Waals surface area contributed by atoms with Gasteiger partial charge in [0.1, 0.15) is 0 Å². The zero-order valence-electron chi connectivity index (χ0n) is 11.0. The zero-order valence-corrected chi connectivity index (χ0v) is 11.8. The van der Waals surface area contributed by atoms with Crippen molar-refractivity contribution in [2.75, 3.05) is 0 Å². The highest BCUT2D eigenvalue weighted by Gasteiger charge is 2.06. The summed E-state index contributed by atoms with van der Waals surface area (Å²) in [6, 6.07) is 4.48. The van der Waals surface area contributed by atoms with Gasteiger partial charge in [0.05, 0.1) is 5.69 Å². The first-order valence-electron chi connectivity index (χ1n) is 6.29. The molecular weight excluding hydrogens is 256 g/mol. The van der Waals surface area contributed by atoms with Gasteiger partial charge >= 0.3 is 0 Å². The van der Waals surface area contributed by atoms with Gasteiger partial charge in [-0.25, -0.2) is 9.50 Å². The van der Waals surface area contributed by atoms with Gasteiger partial charge in [-0.2, -0.15) is 16.4 Å². The monoisotopic (exact) mass is 272 g/mol. The van der Waals surface area contributed by atoms with E-state index in [0.717, 1.165) is 23.4 Å². The molecule has 3 rings (SSSR count). The Morgan fingerprint density at radius 3 is 3.16 bits per heavy atom. The molecule has 1 N–H and O–H groups in total. The van der Waals surface area contributed by atoms with Gasteiger partial charge in [0.15, 0.2) is 5.65 Å². The van der Waals surface area contributed by atoms with Gasteiger partial charge in [-0.1, -0.05) is 0 Å². The van der Waals surface area contributed by atoms with E-state index in [2.05, 4.69) is 39.1 Å². The van der Waals surface area contributed by atoms with Crippen molar-refractivity contribution in [2.24, 2.45) is 0 Å². The van der Waals surface area contributed by atoms with E-state index in [1.54, 1.807) is 11.3 Å². The standard InChI is InChI=1S/C14H16N4S/c1-10-5-14-16-7-12(8-18(14)17-10)6-15-11(2)13-3-4-19-9-13/h3-5,7-9,11,15H,6H2,1-2H3. The van der Waals surface area contributed by atoms with E-state index in [0.29, 0.717) is 6.04 Å². The second-order valence-electron chi connectivity index (χ2n) is 4.71. The van der Waals surface area contributed by atoms with Gasteiger partial charge in [-0.15, -0.1) is 0 Å². The molecule has 0 amide bonds. The number of aryl methyl sites for hydroxylation is 1. The fraction of sp³-hybridized carbons (Fsp3) is 0.286. The summed E-state index contributed by atoms with van der Waals surface area (Å²) in [5, 5.41) is 12.2. The van der Waals surface area contributed by atoms with Crippen molar-refractivity contribution in [3.05, 3.63) is 52.1 Å². The van der Waals surface area contributed by atoms with E-state index in [1.165, 1.54) is 5.56 Å². The van der Waals surface area contributed by atoms with E-state index >= 15 is 0 Å². The van der Waals surface area contributed by atoms with Crippen LogP contribution < -0.4 is 5.32 Å². The SMILES string of the molecule is Cc1cc2ncc(CNC(C)c3ccsc3)cn2n1. The summed E-state index contributed by atoms with van der Waals surface area (Å²) in [4.78, 5) is 4.41. The third kappa shape index (κ3) is 2.67. The van der Waals surface area contributed by atoms with Gasteiger partial charge in [0.25, 0.3) is 0 Å². The molecule has 98 valence electrons. The Bertz CT molecular complexity index is 672. The molecule has 0 aliphatic heterocycles. The number of fused-ring (bicyclic) bond motifs is 1. The van der Waals surface area contributed by atoms with Gasteiger partial charge in [0, 0.05) is 36.6 Å². The van der Waals surface area contributed by atoms with Crippen LogP contribution in [0.3, 0.4) is 0 Å². The van der Waals surface area contributed by atoms with Crippen LogP contribution >= 0.6 is 11.3 Å². The minimum Gasteiger partial charge on any atom is -0.306 e. The topological polar surface area (TPSA) is 42.2 Å². The summed E-state index contributed by atoms with van der Waals surface area (Å²) in [5.74, 6) is 0. The normalized spacial score (nSPS) is 12.9. The second kappa shape index (κ2) is 5.11. The largest absolute Gasteiger partial charge is 0.306 e. The van der Waals surface area contributed by atoms with Gasteiger partial charge in [-0.05, 0) is 36.2 Å². The summed E-state index contributed by atoms with van der Waals surface area (Å²) in [7, 11) is 0. The third-order valence-corrected chi connectivity index (χ3v) is 3.85. The average molecular weight is 272 g/mol. The number of aromatic nitrogens is 3. The van der Waals surface area contributed by atoms with Crippen LogP contribution in [-0.2, 0) is 6.54 Å². The lowest BCUT2D eigenvalue weighted by molar-refractivity contribution is 0.573. The average Bonchev–Trinajstić information content (AvgIpc) is 3.03. The molecule has 0 aliphatic rings. The molecule has 5 heteroatoms. The Balaban J connectivity index is 1.71. The number of hydrogen-bond donors (Lipinski definition) is 1. The zero-order chi connectivity index (χ0) is 13.2. The number of nitrogens with one attached hydrogen (secondary N) is 1. The molecule has 0 bridgehead atoms. The van der Waals surface area contributed by atoms with E-state index in [4.69, 9.17) is 0 Å². The number of nitrogens with zero attached hydrogens (tertiary/aromatic N) is 3. The summed E-state index contributed by atoms with van der Waals surface area (Å²) < 4.78 is 1.83. The lowest BCUT2D eigenvalue weighted by Crippen LogP contribution is -2.18. The fourth-order valence-electron chi connectivity index (χ4n) is 2.04. The predicted molar refractivity (Wildman–Crippen MR) is 77.3 cm³/mol. The van der Waals surface area contributed by atoms with Crippen molar-refractivity contribution in [3.8, 4) is 0 Å². The molecule has 19 heavy (non-hydrogen) atoms. The maximum atomic E-state index is 4.41. The van der Waals surface area contributed by atoms with Crippen LogP contribution in [0.1, 0.15) is 29.8 Å². The molecule has 0 saturated carbocycles. The van der Waals surface area contributed by atoms with Crippen LogP contribution in [0.15, 0.2) is 35.3 Å². The Kier molecular flexibility index (Phi) is 3.31. The first-order valence-corrected chi connectivity index (χ1v) is 7.23. The number of rotatable bonds is 4. The van der Waals surface area contributed by atoms with Crippen LogP contribution in [-0.4, -0.2) is 14.6 Å². The maximum absolute atomic E-state index is 4.41. The van der Waals surface area contributed by atoms with Crippen molar-refractivity contribution < 1.29 is 0 Å². The van der Waals surface area contributed by atoms with Crippen LogP contribution in [0, 0.1) is 6.92 Å². The first-order chi connectivity index (χ1) is 9.22. The highest BCUT2D eigenvalue weighted by molar-refractivity contribution is 7.07. The molecule has 0 aromatic carbocycles. The second-order valence-corrected chi connectivity index (χ2v) is 5.49. The molecule has 3 aromatic heterocycles. The van der Waals surface area contributed by atoms with Crippen LogP contribution in [0.4, 0.5) is 0 Å². The summed E-state index contributed by atoms with van der Waals surface area (Å²) in [6.07, 6.45) is 3.94. The molecule has 0 spiro atoms. The first kappa shape index (κ1) is 12.3. The maximum Gasteiger partial charge on any atom is 0.155 e. The molecule has 3 aromatic rings. The lowest BCUT2D eigenvalue weighted by Gasteiger charge is -2.12. The van der Waals surface area contributed by atoms with Crippen LogP contribution in [0.25, 0.3) is 5.65 Å².